The summed E-state index contributed by atoms with van der Waals surface area (Å²) < 4.78 is 16.5. The third-order valence-electron chi connectivity index (χ3n) is 4.94. The number of hydrogen-bond acceptors (Lipinski definition) is 7. The first-order valence-electron chi connectivity index (χ1n) is 9.85. The number of nitrogens with zero attached hydrogens (tertiary/aromatic N) is 3. The van der Waals surface area contributed by atoms with Crippen LogP contribution in [0.25, 0.3) is 22.4 Å². The third-order valence-corrected chi connectivity index (χ3v) is 4.94. The Kier molecular flexibility index (Phi) is 6.31. The zero-order chi connectivity index (χ0) is 21.6. The fourth-order valence-electron chi connectivity index (χ4n) is 3.27. The van der Waals surface area contributed by atoms with E-state index in [-0.39, 0.29) is 12.3 Å². The fraction of sp³-hybridized carbons (Fsp3) is 0.318. The molecule has 0 radical (unpaired) electrons. The highest BCUT2D eigenvalue weighted by Gasteiger charge is 2.13. The van der Waals surface area contributed by atoms with E-state index < -0.39 is 4.92 Å². The van der Waals surface area contributed by atoms with Crippen LogP contribution in [0, 0.1) is 22.0 Å². The summed E-state index contributed by atoms with van der Waals surface area (Å²) in [5.74, 6) is 7.87. The summed E-state index contributed by atoms with van der Waals surface area (Å²) in [5, 5.41) is 11.0. The molecule has 1 fully saturated rings. The molecule has 1 N–H and O–H groups in total. The van der Waals surface area contributed by atoms with Gasteiger partial charge < -0.3 is 19.2 Å². The summed E-state index contributed by atoms with van der Waals surface area (Å²) in [7, 11) is 1.57. The molecule has 3 aromatic rings. The Morgan fingerprint density at radius 3 is 2.81 bits per heavy atom. The van der Waals surface area contributed by atoms with Gasteiger partial charge in [-0.3, -0.25) is 15.0 Å². The molecule has 0 saturated carbocycles. The van der Waals surface area contributed by atoms with Crippen molar-refractivity contribution in [2.75, 3.05) is 46.6 Å². The van der Waals surface area contributed by atoms with E-state index in [2.05, 4.69) is 26.7 Å². The van der Waals surface area contributed by atoms with Crippen molar-refractivity contribution in [3.63, 3.8) is 0 Å². The average Bonchev–Trinajstić information content (AvgIpc) is 3.23. The van der Waals surface area contributed by atoms with Crippen LogP contribution < -0.4 is 9.47 Å². The van der Waals surface area contributed by atoms with Gasteiger partial charge in [0.2, 0.25) is 0 Å². The number of morpholine rings is 1. The van der Waals surface area contributed by atoms with Crippen LogP contribution in [0.4, 0.5) is 5.69 Å². The maximum atomic E-state index is 11.0. The molecule has 0 atom stereocenters. The Balaban J connectivity index is 1.44. The van der Waals surface area contributed by atoms with Gasteiger partial charge in [0.15, 0.2) is 11.5 Å². The fourth-order valence-corrected chi connectivity index (χ4v) is 3.27. The Hall–Kier alpha value is -3.61. The zero-order valence-corrected chi connectivity index (χ0v) is 17.1. The molecule has 1 aliphatic heterocycles. The lowest BCUT2D eigenvalue weighted by atomic mass is 10.2. The molecule has 0 bridgehead atoms. The normalized spacial score (nSPS) is 14.1. The highest BCUT2D eigenvalue weighted by Crippen LogP contribution is 2.32. The van der Waals surface area contributed by atoms with E-state index in [1.165, 1.54) is 12.1 Å². The highest BCUT2D eigenvalue weighted by atomic mass is 16.6. The number of nitro groups is 1. The molecule has 1 saturated heterocycles. The van der Waals surface area contributed by atoms with Gasteiger partial charge in [0.1, 0.15) is 12.4 Å². The number of H-pyrrole nitrogens is 1. The minimum absolute atomic E-state index is 0.0127. The molecule has 160 valence electrons. The van der Waals surface area contributed by atoms with Gasteiger partial charge in [0.25, 0.3) is 5.69 Å². The summed E-state index contributed by atoms with van der Waals surface area (Å²) in [6.07, 6.45) is 0. The van der Waals surface area contributed by atoms with Crippen molar-refractivity contribution in [2.45, 2.75) is 0 Å². The van der Waals surface area contributed by atoms with Crippen LogP contribution in [-0.2, 0) is 4.74 Å². The first-order chi connectivity index (χ1) is 15.1. The molecular weight excluding hydrogens is 400 g/mol. The molecule has 31 heavy (non-hydrogen) atoms. The van der Waals surface area contributed by atoms with Gasteiger partial charge in [-0.15, -0.1) is 0 Å². The topological polar surface area (TPSA) is 103 Å². The van der Waals surface area contributed by atoms with Crippen LogP contribution in [0.15, 0.2) is 36.4 Å². The number of nitrogens with one attached hydrogen (secondary N) is 1. The Morgan fingerprint density at radius 1 is 1.19 bits per heavy atom. The van der Waals surface area contributed by atoms with E-state index >= 15 is 0 Å². The zero-order valence-electron chi connectivity index (χ0n) is 17.1. The third kappa shape index (κ3) is 4.94. The number of methoxy groups -OCH3 is 1. The van der Waals surface area contributed by atoms with E-state index in [1.54, 1.807) is 19.2 Å². The number of non-ortho nitro benzene ring substituents is 1. The molecule has 9 nitrogen and oxygen atoms in total. The van der Waals surface area contributed by atoms with Crippen molar-refractivity contribution in [1.29, 1.82) is 0 Å². The Labute approximate surface area is 179 Å². The van der Waals surface area contributed by atoms with E-state index in [1.807, 2.05) is 12.1 Å². The maximum absolute atomic E-state index is 11.0. The van der Waals surface area contributed by atoms with E-state index in [0.29, 0.717) is 34.9 Å². The van der Waals surface area contributed by atoms with Crippen molar-refractivity contribution in [3.05, 3.63) is 46.5 Å². The lowest BCUT2D eigenvalue weighted by molar-refractivity contribution is -0.384. The average molecular weight is 422 g/mol. The van der Waals surface area contributed by atoms with Crippen LogP contribution in [-0.4, -0.2) is 66.4 Å². The number of ether oxygens (including phenoxy) is 3. The molecule has 0 aliphatic carbocycles. The van der Waals surface area contributed by atoms with Gasteiger partial charge in [-0.1, -0.05) is 11.8 Å². The Morgan fingerprint density at radius 2 is 2.03 bits per heavy atom. The molecule has 2 heterocycles. The number of nitro benzene ring substituents is 1. The second-order valence-electron chi connectivity index (χ2n) is 6.94. The molecule has 2 aromatic carbocycles. The summed E-state index contributed by atoms with van der Waals surface area (Å²) in [5.41, 5.74) is 2.04. The second-order valence-corrected chi connectivity index (χ2v) is 6.94. The van der Waals surface area contributed by atoms with Crippen molar-refractivity contribution >= 4 is 16.7 Å². The minimum Gasteiger partial charge on any atom is -0.493 e. The molecular formula is C22H22N4O5. The number of rotatable bonds is 6. The predicted molar refractivity (Wildman–Crippen MR) is 115 cm³/mol. The number of benzene rings is 2. The first kappa shape index (κ1) is 20.7. The number of hydrogen-bond donors (Lipinski definition) is 1. The summed E-state index contributed by atoms with van der Waals surface area (Å²) >= 11 is 0. The van der Waals surface area contributed by atoms with Crippen LogP contribution in [0.3, 0.4) is 0 Å². The molecule has 0 unspecified atom stereocenters. The van der Waals surface area contributed by atoms with Gasteiger partial charge in [-0.25, -0.2) is 4.98 Å². The number of aromatic amines is 1. The van der Waals surface area contributed by atoms with E-state index in [4.69, 9.17) is 14.2 Å². The second kappa shape index (κ2) is 9.47. The SMILES string of the molecule is COc1cc(-c2nc3ccc([N+](=O)[O-])cc3[nH]2)ccc1OCC#CCN1CCOCC1. The first-order valence-corrected chi connectivity index (χ1v) is 9.85. The molecule has 0 spiro atoms. The van der Waals surface area contributed by atoms with Crippen LogP contribution in [0.1, 0.15) is 0 Å². The Bertz CT molecular complexity index is 1140. The predicted octanol–water partition coefficient (Wildman–Crippen LogP) is 2.86. The molecule has 9 heteroatoms. The number of fused-ring (bicyclic) bond motifs is 1. The minimum atomic E-state index is -0.432. The van der Waals surface area contributed by atoms with Gasteiger partial charge in [0.05, 0.1) is 42.8 Å². The van der Waals surface area contributed by atoms with Crippen molar-refractivity contribution in [2.24, 2.45) is 0 Å². The molecule has 4 rings (SSSR count). The monoisotopic (exact) mass is 422 g/mol. The van der Waals surface area contributed by atoms with Crippen LogP contribution >= 0.6 is 0 Å². The van der Waals surface area contributed by atoms with Gasteiger partial charge in [0, 0.05) is 30.8 Å². The molecule has 1 aliphatic rings. The van der Waals surface area contributed by atoms with Gasteiger partial charge in [-0.05, 0) is 24.3 Å². The van der Waals surface area contributed by atoms with Crippen molar-refractivity contribution in [1.82, 2.24) is 14.9 Å². The standard InChI is InChI=1S/C22H22N4O5/c1-29-21-14-16(22-23-18-6-5-17(26(27)28)15-19(18)24-22)4-7-20(21)31-11-3-2-8-25-9-12-30-13-10-25/h4-7,14-15H,8-13H2,1H3,(H,23,24). The molecule has 1 aromatic heterocycles. The lowest BCUT2D eigenvalue weighted by Gasteiger charge is -2.24. The largest absolute Gasteiger partial charge is 0.493 e. The number of imidazole rings is 1. The summed E-state index contributed by atoms with van der Waals surface area (Å²) in [6.45, 7) is 4.27. The highest BCUT2D eigenvalue weighted by molar-refractivity contribution is 5.81. The van der Waals surface area contributed by atoms with E-state index in [9.17, 15) is 10.1 Å². The summed E-state index contributed by atoms with van der Waals surface area (Å²) in [6, 6.07) is 9.99. The van der Waals surface area contributed by atoms with Crippen LogP contribution in [0.5, 0.6) is 11.5 Å². The van der Waals surface area contributed by atoms with Crippen molar-refractivity contribution in [3.8, 4) is 34.7 Å². The quantitative estimate of drug-likeness (QED) is 0.370. The van der Waals surface area contributed by atoms with E-state index in [0.717, 1.165) is 31.9 Å². The van der Waals surface area contributed by atoms with Gasteiger partial charge in [-0.2, -0.15) is 0 Å². The van der Waals surface area contributed by atoms with Crippen LogP contribution in [0.2, 0.25) is 0 Å². The smallest absolute Gasteiger partial charge is 0.271 e. The maximum Gasteiger partial charge on any atom is 0.271 e. The van der Waals surface area contributed by atoms with Crippen molar-refractivity contribution < 1.29 is 19.1 Å². The van der Waals surface area contributed by atoms with Gasteiger partial charge >= 0.3 is 0 Å². The molecule has 0 amide bonds. The summed E-state index contributed by atoms with van der Waals surface area (Å²) in [4.78, 5) is 20.4. The lowest BCUT2D eigenvalue weighted by Crippen LogP contribution is -2.36. The number of aromatic nitrogens is 2.